The van der Waals surface area contributed by atoms with Crippen molar-refractivity contribution in [2.45, 2.75) is 25.5 Å². The number of hydrogen-bond acceptors (Lipinski definition) is 4. The summed E-state index contributed by atoms with van der Waals surface area (Å²) in [5.41, 5.74) is 0.921. The molecule has 2 rings (SSSR count). The average molecular weight is 365 g/mol. The van der Waals surface area contributed by atoms with Gasteiger partial charge >= 0.3 is 0 Å². The Morgan fingerprint density at radius 3 is 2.71 bits per heavy atom. The van der Waals surface area contributed by atoms with Crippen LogP contribution in [0.2, 0.25) is 5.02 Å². The molecule has 0 spiro atoms. The lowest BCUT2D eigenvalue weighted by Gasteiger charge is -2.09. The van der Waals surface area contributed by atoms with Crippen LogP contribution in [0, 0.1) is 5.92 Å². The van der Waals surface area contributed by atoms with E-state index in [9.17, 15) is 4.79 Å². The minimum Gasteiger partial charge on any atom is -0.355 e. The van der Waals surface area contributed by atoms with E-state index >= 15 is 0 Å². The summed E-state index contributed by atoms with van der Waals surface area (Å²) in [6.45, 7) is 9.15. The number of carbonyl (C=O) groups is 1. The van der Waals surface area contributed by atoms with Gasteiger partial charge in [-0.15, -0.1) is 16.8 Å². The number of amides is 1. The number of carbonyl (C=O) groups excluding carboxylic acids is 1. The predicted octanol–water partition coefficient (Wildman–Crippen LogP) is 3.65. The summed E-state index contributed by atoms with van der Waals surface area (Å²) < 4.78 is 1.94. The maximum Gasteiger partial charge on any atom is 0.230 e. The molecular formula is C17H21ClN4OS. The fourth-order valence-electron chi connectivity index (χ4n) is 2.00. The van der Waals surface area contributed by atoms with E-state index in [0.29, 0.717) is 34.9 Å². The van der Waals surface area contributed by atoms with Crippen LogP contribution < -0.4 is 5.32 Å². The number of aromatic nitrogens is 3. The molecule has 7 heteroatoms. The van der Waals surface area contributed by atoms with Crippen molar-refractivity contribution in [3.63, 3.8) is 0 Å². The monoisotopic (exact) mass is 364 g/mol. The van der Waals surface area contributed by atoms with Gasteiger partial charge in [0.25, 0.3) is 0 Å². The van der Waals surface area contributed by atoms with E-state index in [0.717, 1.165) is 11.4 Å². The van der Waals surface area contributed by atoms with Gasteiger partial charge in [-0.3, -0.25) is 9.36 Å². The first-order valence-electron chi connectivity index (χ1n) is 7.70. The molecule has 1 N–H and O–H groups in total. The Morgan fingerprint density at radius 1 is 1.38 bits per heavy atom. The second-order valence-electron chi connectivity index (χ2n) is 5.70. The molecule has 0 bridgehead atoms. The summed E-state index contributed by atoms with van der Waals surface area (Å²) in [5, 5.41) is 12.7. The quantitative estimate of drug-likeness (QED) is 0.573. The Balaban J connectivity index is 2.11. The Bertz CT molecular complexity index is 697. The smallest absolute Gasteiger partial charge is 0.230 e. The van der Waals surface area contributed by atoms with Crippen molar-refractivity contribution in [1.29, 1.82) is 0 Å². The molecule has 1 aromatic heterocycles. The van der Waals surface area contributed by atoms with Crippen molar-refractivity contribution in [3.8, 4) is 11.4 Å². The van der Waals surface area contributed by atoms with Crippen molar-refractivity contribution in [2.24, 2.45) is 5.92 Å². The molecule has 0 saturated heterocycles. The number of nitrogens with zero attached hydrogens (tertiary/aromatic N) is 3. The molecule has 1 aromatic carbocycles. The molecule has 1 amide bonds. The van der Waals surface area contributed by atoms with E-state index in [1.807, 2.05) is 28.8 Å². The van der Waals surface area contributed by atoms with Gasteiger partial charge in [-0.25, -0.2) is 0 Å². The van der Waals surface area contributed by atoms with Crippen LogP contribution in [0.25, 0.3) is 11.4 Å². The van der Waals surface area contributed by atoms with Gasteiger partial charge in [0.15, 0.2) is 11.0 Å². The minimum absolute atomic E-state index is 0.00473. The van der Waals surface area contributed by atoms with Crippen LogP contribution in [0.15, 0.2) is 42.1 Å². The molecule has 5 nitrogen and oxygen atoms in total. The number of thioether (sulfide) groups is 1. The summed E-state index contributed by atoms with van der Waals surface area (Å²) in [6, 6.07) is 7.43. The largest absolute Gasteiger partial charge is 0.355 e. The molecular weight excluding hydrogens is 344 g/mol. The number of halogens is 1. The van der Waals surface area contributed by atoms with Crippen LogP contribution in [0.3, 0.4) is 0 Å². The number of allylic oxidation sites excluding steroid dienone is 1. The lowest BCUT2D eigenvalue weighted by atomic mass is 10.2. The topological polar surface area (TPSA) is 59.8 Å². The van der Waals surface area contributed by atoms with Gasteiger partial charge in [-0.1, -0.05) is 43.3 Å². The second kappa shape index (κ2) is 8.89. The third-order valence-corrected chi connectivity index (χ3v) is 4.39. The number of rotatable bonds is 8. The average Bonchev–Trinajstić information content (AvgIpc) is 2.95. The van der Waals surface area contributed by atoms with Crippen LogP contribution >= 0.6 is 23.4 Å². The van der Waals surface area contributed by atoms with E-state index in [4.69, 9.17) is 11.6 Å². The van der Waals surface area contributed by atoms with E-state index in [1.54, 1.807) is 6.08 Å². The number of benzene rings is 1. The summed E-state index contributed by atoms with van der Waals surface area (Å²) in [5.74, 6) is 1.47. The predicted molar refractivity (Wildman–Crippen MR) is 99.2 cm³/mol. The third kappa shape index (κ3) is 5.11. The summed E-state index contributed by atoms with van der Waals surface area (Å²) >= 11 is 7.30. The first-order chi connectivity index (χ1) is 11.5. The Hall–Kier alpha value is -1.79. The molecule has 128 valence electrons. The molecule has 0 aliphatic heterocycles. The molecule has 0 saturated carbocycles. The highest BCUT2D eigenvalue weighted by molar-refractivity contribution is 7.99. The molecule has 1 heterocycles. The van der Waals surface area contributed by atoms with Crippen molar-refractivity contribution in [3.05, 3.63) is 41.9 Å². The van der Waals surface area contributed by atoms with Gasteiger partial charge in [-0.05, 0) is 30.2 Å². The van der Waals surface area contributed by atoms with E-state index in [2.05, 4.69) is 35.9 Å². The van der Waals surface area contributed by atoms with Crippen molar-refractivity contribution >= 4 is 29.3 Å². The van der Waals surface area contributed by atoms with Gasteiger partial charge < -0.3 is 5.32 Å². The molecule has 0 aliphatic carbocycles. The van der Waals surface area contributed by atoms with Crippen LogP contribution in [0.4, 0.5) is 0 Å². The minimum atomic E-state index is -0.00473. The number of hydrogen-bond donors (Lipinski definition) is 1. The second-order valence-corrected chi connectivity index (χ2v) is 7.08. The molecule has 0 aliphatic rings. The zero-order valence-corrected chi connectivity index (χ0v) is 15.4. The molecule has 0 unspecified atom stereocenters. The first-order valence-corrected chi connectivity index (χ1v) is 9.07. The van der Waals surface area contributed by atoms with Crippen LogP contribution in [-0.4, -0.2) is 33.0 Å². The van der Waals surface area contributed by atoms with Crippen molar-refractivity contribution in [1.82, 2.24) is 20.1 Å². The zero-order chi connectivity index (χ0) is 17.5. The highest BCUT2D eigenvalue weighted by Crippen LogP contribution is 2.25. The SMILES string of the molecule is C=CCn1c(SCC(=O)NCC(C)C)nnc1-c1ccc(Cl)cc1. The molecule has 24 heavy (non-hydrogen) atoms. The fraction of sp³-hybridized carbons (Fsp3) is 0.353. The normalized spacial score (nSPS) is 10.8. The summed E-state index contributed by atoms with van der Waals surface area (Å²) in [6.07, 6.45) is 1.78. The van der Waals surface area contributed by atoms with Crippen molar-refractivity contribution < 1.29 is 4.79 Å². The molecule has 0 atom stereocenters. The van der Waals surface area contributed by atoms with Gasteiger partial charge in [-0.2, -0.15) is 0 Å². The van der Waals surface area contributed by atoms with Gasteiger partial charge in [0.2, 0.25) is 5.91 Å². The van der Waals surface area contributed by atoms with E-state index < -0.39 is 0 Å². The lowest BCUT2D eigenvalue weighted by molar-refractivity contribution is -0.118. The van der Waals surface area contributed by atoms with Gasteiger partial charge in [0.05, 0.1) is 5.75 Å². The standard InChI is InChI=1S/C17H21ClN4OS/c1-4-9-22-16(13-5-7-14(18)8-6-13)20-21-17(22)24-11-15(23)19-10-12(2)3/h4-8,12H,1,9-11H2,2-3H3,(H,19,23). The first kappa shape index (κ1) is 18.5. The lowest BCUT2D eigenvalue weighted by Crippen LogP contribution is -2.28. The maximum absolute atomic E-state index is 11.9. The maximum atomic E-state index is 11.9. The Morgan fingerprint density at radius 2 is 2.08 bits per heavy atom. The highest BCUT2D eigenvalue weighted by Gasteiger charge is 2.15. The highest BCUT2D eigenvalue weighted by atomic mass is 35.5. The number of nitrogens with one attached hydrogen (secondary N) is 1. The molecule has 0 radical (unpaired) electrons. The Kier molecular flexibility index (Phi) is 6.87. The zero-order valence-electron chi connectivity index (χ0n) is 13.8. The van der Waals surface area contributed by atoms with E-state index in [-0.39, 0.29) is 5.91 Å². The third-order valence-electron chi connectivity index (χ3n) is 3.17. The van der Waals surface area contributed by atoms with Crippen LogP contribution in [0.1, 0.15) is 13.8 Å². The van der Waals surface area contributed by atoms with Gasteiger partial charge in [0.1, 0.15) is 0 Å². The van der Waals surface area contributed by atoms with Crippen molar-refractivity contribution in [2.75, 3.05) is 12.3 Å². The Labute approximate surface area is 151 Å². The fourth-order valence-corrected chi connectivity index (χ4v) is 2.90. The summed E-state index contributed by atoms with van der Waals surface area (Å²) in [4.78, 5) is 11.9. The van der Waals surface area contributed by atoms with Crippen LogP contribution in [-0.2, 0) is 11.3 Å². The molecule has 2 aromatic rings. The van der Waals surface area contributed by atoms with Gasteiger partial charge in [0, 0.05) is 23.7 Å². The van der Waals surface area contributed by atoms with E-state index in [1.165, 1.54) is 11.8 Å². The summed E-state index contributed by atoms with van der Waals surface area (Å²) in [7, 11) is 0. The molecule has 0 fully saturated rings. The van der Waals surface area contributed by atoms with Crippen LogP contribution in [0.5, 0.6) is 0 Å².